The normalized spacial score (nSPS) is 27.7. The van der Waals surface area contributed by atoms with Crippen LogP contribution >= 0.6 is 11.6 Å². The average molecular weight is 517 g/mol. The number of amides is 3. The van der Waals surface area contributed by atoms with Crippen LogP contribution in [0.25, 0.3) is 10.9 Å². The molecular formula is C26H30ClFN4O4. The van der Waals surface area contributed by atoms with Crippen molar-refractivity contribution < 1.29 is 23.6 Å². The minimum absolute atomic E-state index is 0.0377. The summed E-state index contributed by atoms with van der Waals surface area (Å²) in [6.07, 6.45) is 3.15. The van der Waals surface area contributed by atoms with Crippen molar-refractivity contribution in [1.29, 1.82) is 0 Å². The van der Waals surface area contributed by atoms with E-state index in [2.05, 4.69) is 29.5 Å². The van der Waals surface area contributed by atoms with E-state index in [0.717, 1.165) is 12.8 Å². The number of carbonyl (C=O) groups excluding carboxylic acids is 4. The second kappa shape index (κ2) is 9.18. The molecule has 3 N–H and O–H groups in total. The Balaban J connectivity index is 1.41. The molecule has 10 heteroatoms. The lowest BCUT2D eigenvalue weighted by atomic mass is 9.88. The predicted octanol–water partition coefficient (Wildman–Crippen LogP) is 3.05. The molecule has 8 nitrogen and oxygen atoms in total. The molecule has 192 valence electrons. The number of benzene rings is 1. The van der Waals surface area contributed by atoms with Gasteiger partial charge < -0.3 is 25.3 Å². The highest BCUT2D eigenvalue weighted by atomic mass is 35.5. The predicted molar refractivity (Wildman–Crippen MR) is 132 cm³/mol. The second-order valence-electron chi connectivity index (χ2n) is 11.2. The molecule has 0 spiro atoms. The third-order valence-electron chi connectivity index (χ3n) is 8.02. The average Bonchev–Trinajstić information content (AvgIpc) is 3.57. The number of aromatic nitrogens is 1. The standard InChI is InChI=1S/C26H30ClFN4O4/c1-26(2)9-15-11-32(25(36)19-8-13-3-4-18(27)20(28)21(13)31-19)22(17(15)10-26)24(35)30-16(12-33)7-14-5-6-29-23(14)34/h3-4,8,12,14-17,22,31H,5-7,9-11H2,1-2H3,(H,29,34)(H,30,35)/t14-,15-,16-,17-,22-/m0/s1. The van der Waals surface area contributed by atoms with Crippen LogP contribution in [-0.2, 0) is 14.4 Å². The zero-order valence-corrected chi connectivity index (χ0v) is 21.0. The Kier molecular flexibility index (Phi) is 6.31. The summed E-state index contributed by atoms with van der Waals surface area (Å²) in [5.74, 6) is -1.77. The lowest BCUT2D eigenvalue weighted by Gasteiger charge is -2.30. The molecule has 5 atom stereocenters. The van der Waals surface area contributed by atoms with E-state index in [1.54, 1.807) is 17.0 Å². The number of rotatable bonds is 6. The number of aromatic amines is 1. The van der Waals surface area contributed by atoms with Gasteiger partial charge in [0.05, 0.1) is 16.6 Å². The van der Waals surface area contributed by atoms with Gasteiger partial charge >= 0.3 is 0 Å². The molecule has 1 saturated carbocycles. The van der Waals surface area contributed by atoms with Crippen LogP contribution in [0.4, 0.5) is 4.39 Å². The molecule has 2 aliphatic heterocycles. The summed E-state index contributed by atoms with van der Waals surface area (Å²) in [6.45, 7) is 5.27. The maximum atomic E-state index is 14.5. The van der Waals surface area contributed by atoms with E-state index in [9.17, 15) is 23.6 Å². The monoisotopic (exact) mass is 516 g/mol. The van der Waals surface area contributed by atoms with Gasteiger partial charge in [0.25, 0.3) is 5.91 Å². The first kappa shape index (κ1) is 24.7. The zero-order chi connectivity index (χ0) is 25.8. The molecule has 3 fully saturated rings. The summed E-state index contributed by atoms with van der Waals surface area (Å²) in [6, 6.07) is 3.05. The van der Waals surface area contributed by atoms with Crippen LogP contribution in [-0.4, -0.2) is 59.1 Å². The van der Waals surface area contributed by atoms with Crippen LogP contribution in [0.3, 0.4) is 0 Å². The number of nitrogens with one attached hydrogen (secondary N) is 3. The maximum absolute atomic E-state index is 14.5. The maximum Gasteiger partial charge on any atom is 0.271 e. The highest BCUT2D eigenvalue weighted by Crippen LogP contribution is 2.51. The summed E-state index contributed by atoms with van der Waals surface area (Å²) in [7, 11) is 0. The van der Waals surface area contributed by atoms with Gasteiger partial charge in [-0.2, -0.15) is 0 Å². The Labute approximate surface area is 213 Å². The van der Waals surface area contributed by atoms with Gasteiger partial charge in [-0.15, -0.1) is 0 Å². The molecule has 0 radical (unpaired) electrons. The van der Waals surface area contributed by atoms with E-state index in [1.807, 2.05) is 0 Å². The van der Waals surface area contributed by atoms with Crippen molar-refractivity contribution in [3.63, 3.8) is 0 Å². The van der Waals surface area contributed by atoms with Crippen LogP contribution in [0, 0.1) is 29.0 Å². The number of hydrogen-bond donors (Lipinski definition) is 3. The molecule has 0 bridgehead atoms. The first-order valence-electron chi connectivity index (χ1n) is 12.4. The molecule has 36 heavy (non-hydrogen) atoms. The second-order valence-corrected chi connectivity index (χ2v) is 11.6. The number of aldehydes is 1. The van der Waals surface area contributed by atoms with E-state index < -0.39 is 29.7 Å². The Bertz CT molecular complexity index is 1240. The lowest BCUT2D eigenvalue weighted by Crippen LogP contribution is -2.52. The number of nitrogens with zero attached hydrogens (tertiary/aromatic N) is 1. The van der Waals surface area contributed by atoms with Crippen LogP contribution in [0.5, 0.6) is 0 Å². The first-order valence-corrected chi connectivity index (χ1v) is 12.8. The first-order chi connectivity index (χ1) is 17.1. The van der Waals surface area contributed by atoms with Crippen molar-refractivity contribution in [2.45, 2.75) is 51.6 Å². The number of H-pyrrole nitrogens is 1. The van der Waals surface area contributed by atoms with Crippen molar-refractivity contribution in [2.24, 2.45) is 23.2 Å². The van der Waals surface area contributed by atoms with Crippen LogP contribution in [0.2, 0.25) is 5.02 Å². The summed E-state index contributed by atoms with van der Waals surface area (Å²) >= 11 is 5.89. The van der Waals surface area contributed by atoms with Crippen molar-refractivity contribution in [2.75, 3.05) is 13.1 Å². The zero-order valence-electron chi connectivity index (χ0n) is 20.3. The summed E-state index contributed by atoms with van der Waals surface area (Å²) in [5.41, 5.74) is 0.358. The van der Waals surface area contributed by atoms with Crippen molar-refractivity contribution >= 4 is 46.5 Å². The third kappa shape index (κ3) is 4.38. The molecule has 2 aromatic rings. The highest BCUT2D eigenvalue weighted by Gasteiger charge is 2.54. The van der Waals surface area contributed by atoms with Crippen molar-refractivity contribution in [3.8, 4) is 0 Å². The fraction of sp³-hybridized carbons (Fsp3) is 0.538. The van der Waals surface area contributed by atoms with Crippen molar-refractivity contribution in [3.05, 3.63) is 34.7 Å². The smallest absolute Gasteiger partial charge is 0.271 e. The highest BCUT2D eigenvalue weighted by molar-refractivity contribution is 6.31. The fourth-order valence-electron chi connectivity index (χ4n) is 6.46. The Morgan fingerprint density at radius 3 is 2.81 bits per heavy atom. The van der Waals surface area contributed by atoms with E-state index in [1.165, 1.54) is 6.07 Å². The van der Waals surface area contributed by atoms with Gasteiger partial charge in [-0.25, -0.2) is 4.39 Å². The van der Waals surface area contributed by atoms with Crippen LogP contribution < -0.4 is 10.6 Å². The summed E-state index contributed by atoms with van der Waals surface area (Å²) in [4.78, 5) is 55.4. The molecular weight excluding hydrogens is 487 g/mol. The number of hydrogen-bond acceptors (Lipinski definition) is 4. The topological polar surface area (TPSA) is 111 Å². The summed E-state index contributed by atoms with van der Waals surface area (Å²) < 4.78 is 14.5. The van der Waals surface area contributed by atoms with E-state index >= 15 is 0 Å². The van der Waals surface area contributed by atoms with Crippen LogP contribution in [0.15, 0.2) is 18.2 Å². The van der Waals surface area contributed by atoms with Gasteiger partial charge in [0.1, 0.15) is 18.0 Å². The SMILES string of the molecule is CC1(C)C[C@H]2CN(C(=O)c3cc4ccc(Cl)c(F)c4[nH]3)[C@H](C(=O)N[C@H](C=O)C[C@@H]3CCNC3=O)[C@H]2C1. The molecule has 2 saturated heterocycles. The number of fused-ring (bicyclic) bond motifs is 2. The fourth-order valence-corrected chi connectivity index (χ4v) is 6.62. The van der Waals surface area contributed by atoms with Gasteiger partial charge in [-0.3, -0.25) is 14.4 Å². The molecule has 1 aromatic carbocycles. The Morgan fingerprint density at radius 1 is 1.33 bits per heavy atom. The number of halogens is 2. The lowest BCUT2D eigenvalue weighted by molar-refractivity contribution is -0.129. The van der Waals surface area contributed by atoms with E-state index in [4.69, 9.17) is 11.6 Å². The largest absolute Gasteiger partial charge is 0.356 e. The van der Waals surface area contributed by atoms with E-state index in [-0.39, 0.29) is 51.7 Å². The Morgan fingerprint density at radius 2 is 2.11 bits per heavy atom. The number of likely N-dealkylation sites (tertiary alicyclic amines) is 1. The minimum Gasteiger partial charge on any atom is -0.356 e. The minimum atomic E-state index is -0.818. The molecule has 5 rings (SSSR count). The Hall–Kier alpha value is -2.94. The van der Waals surface area contributed by atoms with Gasteiger partial charge in [-0.05, 0) is 55.1 Å². The quantitative estimate of drug-likeness (QED) is 0.512. The van der Waals surface area contributed by atoms with Gasteiger partial charge in [0.15, 0.2) is 5.82 Å². The summed E-state index contributed by atoms with van der Waals surface area (Å²) in [5, 5.41) is 6.02. The van der Waals surface area contributed by atoms with Gasteiger partial charge in [0, 0.05) is 24.4 Å². The number of carbonyl (C=O) groups is 4. The molecule has 1 aliphatic carbocycles. The van der Waals surface area contributed by atoms with Gasteiger partial charge in [-0.1, -0.05) is 31.5 Å². The van der Waals surface area contributed by atoms with E-state index in [0.29, 0.717) is 31.2 Å². The molecule has 1 aromatic heterocycles. The van der Waals surface area contributed by atoms with Crippen molar-refractivity contribution in [1.82, 2.24) is 20.5 Å². The van der Waals surface area contributed by atoms with Crippen LogP contribution in [0.1, 0.15) is 50.0 Å². The van der Waals surface area contributed by atoms with Gasteiger partial charge in [0.2, 0.25) is 11.8 Å². The molecule has 3 amide bonds. The molecule has 3 heterocycles. The molecule has 0 unspecified atom stereocenters. The molecule has 3 aliphatic rings. The third-order valence-corrected chi connectivity index (χ3v) is 8.31.